The summed E-state index contributed by atoms with van der Waals surface area (Å²) in [6.45, 7) is 5.06. The summed E-state index contributed by atoms with van der Waals surface area (Å²) in [6, 6.07) is 6.44. The lowest BCUT2D eigenvalue weighted by Gasteiger charge is -2.44. The largest absolute Gasteiger partial charge is 0.376 e. The number of anilines is 2. The van der Waals surface area contributed by atoms with Gasteiger partial charge in [-0.3, -0.25) is 0 Å². The average Bonchev–Trinajstić information content (AvgIpc) is 3.01. The molecule has 0 amide bonds. The molecule has 2 aliphatic rings. The second-order valence-electron chi connectivity index (χ2n) is 6.86. The lowest BCUT2D eigenvalue weighted by molar-refractivity contribution is 0.109. The van der Waals surface area contributed by atoms with Crippen LogP contribution in [0.25, 0.3) is 5.65 Å². The van der Waals surface area contributed by atoms with Gasteiger partial charge in [-0.05, 0) is 25.1 Å². The van der Waals surface area contributed by atoms with Crippen LogP contribution in [0.2, 0.25) is 0 Å². The molecule has 0 aromatic carbocycles. The lowest BCUT2D eigenvalue weighted by atomic mass is 10.1. The van der Waals surface area contributed by atoms with E-state index < -0.39 is 0 Å². The predicted molar refractivity (Wildman–Crippen MR) is 95.3 cm³/mol. The Hall–Kier alpha value is -2.81. The van der Waals surface area contributed by atoms with E-state index in [-0.39, 0.29) is 0 Å². The third-order valence-corrected chi connectivity index (χ3v) is 5.19. The summed E-state index contributed by atoms with van der Waals surface area (Å²) in [6.07, 6.45) is 0.847. The van der Waals surface area contributed by atoms with Gasteiger partial charge in [-0.15, -0.1) is 20.4 Å². The molecule has 5 heterocycles. The Kier molecular flexibility index (Phi) is 3.49. The minimum atomic E-state index is 0.381. The number of fused-ring (bicyclic) bond motifs is 2. The summed E-state index contributed by atoms with van der Waals surface area (Å²) in [5, 5.41) is 21.6. The van der Waals surface area contributed by atoms with Crippen molar-refractivity contribution in [2.24, 2.45) is 0 Å². The molecule has 0 radical (unpaired) electrons. The predicted octanol–water partition coefficient (Wildman–Crippen LogP) is 0.620. The van der Waals surface area contributed by atoms with Crippen molar-refractivity contribution < 1.29 is 4.74 Å². The maximum absolute atomic E-state index is 5.53. The van der Waals surface area contributed by atoms with Crippen molar-refractivity contribution in [2.45, 2.75) is 26.0 Å². The molecule has 5 rings (SSSR count). The number of likely N-dealkylation sites (N-methyl/N-ethyl adjacent to an activating group) is 1. The third kappa shape index (κ3) is 2.47. The SMILES string of the molecule is Cc1nnc2ccc(N3CC(N(C)c4cc5c(nn4)CCOC5)C3)nn12. The third-order valence-electron chi connectivity index (χ3n) is 5.19. The van der Waals surface area contributed by atoms with E-state index in [1.807, 2.05) is 19.1 Å². The van der Waals surface area contributed by atoms with Gasteiger partial charge >= 0.3 is 0 Å². The number of rotatable bonds is 3. The topological polar surface area (TPSA) is 84.6 Å². The van der Waals surface area contributed by atoms with Gasteiger partial charge in [-0.1, -0.05) is 0 Å². The van der Waals surface area contributed by atoms with Crippen molar-refractivity contribution in [3.8, 4) is 0 Å². The molecule has 26 heavy (non-hydrogen) atoms. The smallest absolute Gasteiger partial charge is 0.178 e. The molecular weight excluding hydrogens is 332 g/mol. The first-order valence-corrected chi connectivity index (χ1v) is 8.79. The van der Waals surface area contributed by atoms with Crippen molar-refractivity contribution >= 4 is 17.3 Å². The Balaban J connectivity index is 1.30. The van der Waals surface area contributed by atoms with E-state index in [9.17, 15) is 0 Å². The van der Waals surface area contributed by atoms with Gasteiger partial charge in [0.1, 0.15) is 5.82 Å². The molecular formula is C17H20N8O. The molecule has 0 atom stereocenters. The average molecular weight is 352 g/mol. The number of ether oxygens (including phenoxy) is 1. The molecule has 0 spiro atoms. The van der Waals surface area contributed by atoms with Crippen LogP contribution in [0.1, 0.15) is 17.1 Å². The molecule has 1 saturated heterocycles. The maximum Gasteiger partial charge on any atom is 0.178 e. The van der Waals surface area contributed by atoms with Crippen molar-refractivity contribution in [3.05, 3.63) is 35.3 Å². The van der Waals surface area contributed by atoms with Crippen LogP contribution < -0.4 is 9.80 Å². The summed E-state index contributed by atoms with van der Waals surface area (Å²) in [5.74, 6) is 2.63. The molecule has 3 aromatic rings. The van der Waals surface area contributed by atoms with Crippen LogP contribution >= 0.6 is 0 Å². The van der Waals surface area contributed by atoms with Crippen LogP contribution in [0.3, 0.4) is 0 Å². The molecule has 9 nitrogen and oxygen atoms in total. The second-order valence-corrected chi connectivity index (χ2v) is 6.86. The van der Waals surface area contributed by atoms with Crippen LogP contribution in [0.4, 0.5) is 11.6 Å². The zero-order valence-electron chi connectivity index (χ0n) is 14.8. The molecule has 134 valence electrons. The van der Waals surface area contributed by atoms with Crippen LogP contribution in [-0.2, 0) is 17.8 Å². The van der Waals surface area contributed by atoms with E-state index in [1.54, 1.807) is 4.52 Å². The van der Waals surface area contributed by atoms with Crippen molar-refractivity contribution in [2.75, 3.05) is 36.5 Å². The fourth-order valence-corrected chi connectivity index (χ4v) is 3.43. The normalized spacial score (nSPS) is 17.2. The van der Waals surface area contributed by atoms with E-state index >= 15 is 0 Å². The van der Waals surface area contributed by atoms with Gasteiger partial charge in [-0.25, -0.2) is 0 Å². The Morgan fingerprint density at radius 2 is 2.04 bits per heavy atom. The maximum atomic E-state index is 5.53. The van der Waals surface area contributed by atoms with Crippen LogP contribution in [-0.4, -0.2) is 62.8 Å². The van der Waals surface area contributed by atoms with Crippen LogP contribution in [0.5, 0.6) is 0 Å². The number of hydrogen-bond donors (Lipinski definition) is 0. The number of nitrogens with zero attached hydrogens (tertiary/aromatic N) is 8. The minimum Gasteiger partial charge on any atom is -0.376 e. The molecule has 0 unspecified atom stereocenters. The first-order valence-electron chi connectivity index (χ1n) is 8.79. The van der Waals surface area contributed by atoms with Gasteiger partial charge in [0.2, 0.25) is 0 Å². The van der Waals surface area contributed by atoms with Gasteiger partial charge in [0.05, 0.1) is 24.9 Å². The standard InChI is InChI=1S/C17H20N8O/c1-11-18-20-15-3-4-16(22-25(11)15)24-8-13(9-24)23(2)17-7-12-10-26-6-5-14(12)19-21-17/h3-4,7,13H,5-6,8-10H2,1-2H3. The molecule has 0 aliphatic carbocycles. The number of hydrogen-bond acceptors (Lipinski definition) is 8. The van der Waals surface area contributed by atoms with Crippen molar-refractivity contribution in [1.29, 1.82) is 0 Å². The molecule has 1 fully saturated rings. The molecule has 3 aromatic heterocycles. The van der Waals surface area contributed by atoms with Gasteiger partial charge in [0.15, 0.2) is 17.3 Å². The second kappa shape index (κ2) is 5.87. The fraction of sp³-hybridized carbons (Fsp3) is 0.471. The zero-order chi connectivity index (χ0) is 17.7. The first-order chi connectivity index (χ1) is 12.7. The van der Waals surface area contributed by atoms with E-state index in [0.29, 0.717) is 12.6 Å². The Morgan fingerprint density at radius 3 is 2.92 bits per heavy atom. The summed E-state index contributed by atoms with van der Waals surface area (Å²) >= 11 is 0. The number of aryl methyl sites for hydroxylation is 1. The van der Waals surface area contributed by atoms with E-state index in [0.717, 1.165) is 60.5 Å². The summed E-state index contributed by atoms with van der Waals surface area (Å²) < 4.78 is 7.31. The molecule has 2 aliphatic heterocycles. The molecule has 0 bridgehead atoms. The highest BCUT2D eigenvalue weighted by molar-refractivity contribution is 5.51. The Morgan fingerprint density at radius 1 is 1.15 bits per heavy atom. The summed E-state index contributed by atoms with van der Waals surface area (Å²) in [4.78, 5) is 4.44. The first kappa shape index (κ1) is 15.4. The van der Waals surface area contributed by atoms with Crippen molar-refractivity contribution in [3.63, 3.8) is 0 Å². The summed E-state index contributed by atoms with van der Waals surface area (Å²) in [5.41, 5.74) is 2.98. The molecule has 0 saturated carbocycles. The highest BCUT2D eigenvalue weighted by atomic mass is 16.5. The van der Waals surface area contributed by atoms with Gasteiger partial charge < -0.3 is 14.5 Å². The van der Waals surface area contributed by atoms with Crippen molar-refractivity contribution in [1.82, 2.24) is 30.0 Å². The number of aromatic nitrogens is 6. The van der Waals surface area contributed by atoms with Crippen LogP contribution in [0.15, 0.2) is 18.2 Å². The van der Waals surface area contributed by atoms with Gasteiger partial charge in [-0.2, -0.15) is 9.61 Å². The van der Waals surface area contributed by atoms with Gasteiger partial charge in [0.25, 0.3) is 0 Å². The quantitative estimate of drug-likeness (QED) is 0.678. The fourth-order valence-electron chi connectivity index (χ4n) is 3.43. The lowest BCUT2D eigenvalue weighted by Crippen LogP contribution is -2.59. The highest BCUT2D eigenvalue weighted by Gasteiger charge is 2.32. The Bertz CT molecular complexity index is 965. The molecule has 9 heteroatoms. The zero-order valence-corrected chi connectivity index (χ0v) is 14.8. The summed E-state index contributed by atoms with van der Waals surface area (Å²) in [7, 11) is 2.07. The van der Waals surface area contributed by atoms with E-state index in [4.69, 9.17) is 4.74 Å². The molecule has 0 N–H and O–H groups in total. The Labute approximate surface area is 150 Å². The van der Waals surface area contributed by atoms with Crippen LogP contribution in [0, 0.1) is 6.92 Å². The monoisotopic (exact) mass is 352 g/mol. The van der Waals surface area contributed by atoms with E-state index in [2.05, 4.69) is 48.4 Å². The van der Waals surface area contributed by atoms with Gasteiger partial charge in [0, 0.05) is 32.1 Å². The highest BCUT2D eigenvalue weighted by Crippen LogP contribution is 2.25. The minimum absolute atomic E-state index is 0.381. The van der Waals surface area contributed by atoms with E-state index in [1.165, 1.54) is 0 Å².